The number of amides is 2. The lowest BCUT2D eigenvalue weighted by Gasteiger charge is -2.17. The number of imide groups is 1. The fourth-order valence-electron chi connectivity index (χ4n) is 3.04. The van der Waals surface area contributed by atoms with Crippen LogP contribution in [0.2, 0.25) is 0 Å². The van der Waals surface area contributed by atoms with E-state index in [0.717, 1.165) is 33.7 Å². The molecule has 3 aromatic carbocycles. The third kappa shape index (κ3) is 4.34. The van der Waals surface area contributed by atoms with Crippen LogP contribution in [0.15, 0.2) is 100 Å². The number of hydrogen-bond donors (Lipinski definition) is 1. The highest BCUT2D eigenvalue weighted by molar-refractivity contribution is 8.04. The Morgan fingerprint density at radius 2 is 1.42 bits per heavy atom. The van der Waals surface area contributed by atoms with Crippen LogP contribution in [0, 0.1) is 0 Å². The number of benzene rings is 3. The Labute approximate surface area is 180 Å². The van der Waals surface area contributed by atoms with Crippen LogP contribution in [-0.4, -0.2) is 11.8 Å². The zero-order chi connectivity index (χ0) is 22.0. The minimum absolute atomic E-state index is 0.0162. The number of nitrogens with one attached hydrogen (secondary N) is 1. The van der Waals surface area contributed by atoms with E-state index in [0.29, 0.717) is 5.69 Å². The van der Waals surface area contributed by atoms with Crippen LogP contribution in [0.3, 0.4) is 0 Å². The summed E-state index contributed by atoms with van der Waals surface area (Å²) in [6, 6.07) is 21.9. The number of hydrogen-bond acceptors (Lipinski definition) is 4. The number of alkyl halides is 3. The highest BCUT2D eigenvalue weighted by Crippen LogP contribution is 2.39. The molecule has 156 valence electrons. The molecule has 1 aliphatic rings. The van der Waals surface area contributed by atoms with Crippen LogP contribution in [0.25, 0.3) is 0 Å². The van der Waals surface area contributed by atoms with E-state index in [9.17, 15) is 22.8 Å². The van der Waals surface area contributed by atoms with Gasteiger partial charge in [0.15, 0.2) is 0 Å². The summed E-state index contributed by atoms with van der Waals surface area (Å²) in [6.07, 6.45) is -4.60. The molecular formula is C23H15F3N2O2S. The molecule has 1 N–H and O–H groups in total. The molecule has 0 saturated carbocycles. The fourth-order valence-corrected chi connectivity index (χ4v) is 3.99. The van der Waals surface area contributed by atoms with Crippen LogP contribution >= 0.6 is 11.8 Å². The Kier molecular flexibility index (Phi) is 5.56. The van der Waals surface area contributed by atoms with E-state index in [1.165, 1.54) is 12.1 Å². The van der Waals surface area contributed by atoms with Gasteiger partial charge >= 0.3 is 6.18 Å². The van der Waals surface area contributed by atoms with Crippen molar-refractivity contribution < 1.29 is 22.8 Å². The zero-order valence-electron chi connectivity index (χ0n) is 15.9. The third-order valence-electron chi connectivity index (χ3n) is 4.48. The van der Waals surface area contributed by atoms with E-state index >= 15 is 0 Å². The summed E-state index contributed by atoms with van der Waals surface area (Å²) >= 11 is 1.08. The van der Waals surface area contributed by atoms with Crippen LogP contribution in [0.4, 0.5) is 24.5 Å². The summed E-state index contributed by atoms with van der Waals surface area (Å²) in [4.78, 5) is 28.0. The van der Waals surface area contributed by atoms with Crippen molar-refractivity contribution in [2.45, 2.75) is 11.1 Å². The monoisotopic (exact) mass is 440 g/mol. The Bertz CT molecular complexity index is 1100. The predicted molar refractivity (Wildman–Crippen MR) is 113 cm³/mol. The topological polar surface area (TPSA) is 49.4 Å². The second-order valence-corrected chi connectivity index (χ2v) is 7.69. The molecule has 4 rings (SSSR count). The highest BCUT2D eigenvalue weighted by atomic mass is 32.2. The molecule has 2 amide bonds. The molecule has 0 bridgehead atoms. The number of thioether (sulfide) groups is 1. The summed E-state index contributed by atoms with van der Waals surface area (Å²) in [6.45, 7) is 0. The molecule has 4 nitrogen and oxygen atoms in total. The van der Waals surface area contributed by atoms with Gasteiger partial charge in [-0.1, -0.05) is 54.2 Å². The minimum atomic E-state index is -4.60. The summed E-state index contributed by atoms with van der Waals surface area (Å²) in [5, 5.41) is 2.96. The standard InChI is InChI=1S/C23H15F3N2O2S/c24-23(25,26)15-8-7-11-17(14-15)28-21(29)19(27-16-9-3-1-4-10-16)20(22(28)30)31-18-12-5-2-6-13-18/h1-14,27H. The molecule has 0 spiro atoms. The van der Waals surface area contributed by atoms with Crippen molar-refractivity contribution in [3.63, 3.8) is 0 Å². The van der Waals surface area contributed by atoms with Gasteiger partial charge in [-0.25, -0.2) is 4.90 Å². The van der Waals surface area contributed by atoms with Gasteiger partial charge in [0.05, 0.1) is 11.3 Å². The average Bonchev–Trinajstić information content (AvgIpc) is 2.99. The van der Waals surface area contributed by atoms with Crippen LogP contribution in [0.1, 0.15) is 5.56 Å². The van der Waals surface area contributed by atoms with Gasteiger partial charge in [0.1, 0.15) is 10.6 Å². The lowest BCUT2D eigenvalue weighted by Crippen LogP contribution is -2.32. The van der Waals surface area contributed by atoms with Crippen molar-refractivity contribution >= 4 is 35.0 Å². The second-order valence-electron chi connectivity index (χ2n) is 6.60. The summed E-state index contributed by atoms with van der Waals surface area (Å²) < 4.78 is 39.5. The maximum absolute atomic E-state index is 13.2. The molecule has 0 unspecified atom stereocenters. The van der Waals surface area contributed by atoms with Crippen molar-refractivity contribution in [3.05, 3.63) is 101 Å². The maximum atomic E-state index is 13.2. The van der Waals surface area contributed by atoms with Gasteiger partial charge in [-0.2, -0.15) is 13.2 Å². The number of carbonyl (C=O) groups excluding carboxylic acids is 2. The Hall–Kier alpha value is -3.52. The largest absolute Gasteiger partial charge is 0.416 e. The molecular weight excluding hydrogens is 425 g/mol. The van der Waals surface area contributed by atoms with Crippen LogP contribution in [0.5, 0.6) is 0 Å². The number of anilines is 2. The predicted octanol–water partition coefficient (Wildman–Crippen LogP) is 5.69. The normalized spacial score (nSPS) is 14.4. The number of para-hydroxylation sites is 1. The van der Waals surface area contributed by atoms with Crippen molar-refractivity contribution in [2.75, 3.05) is 10.2 Å². The van der Waals surface area contributed by atoms with Crippen molar-refractivity contribution in [1.29, 1.82) is 0 Å². The van der Waals surface area contributed by atoms with Gasteiger partial charge in [-0.05, 0) is 42.5 Å². The van der Waals surface area contributed by atoms with Gasteiger partial charge in [-0.15, -0.1) is 0 Å². The summed E-state index contributed by atoms with van der Waals surface area (Å²) in [5.41, 5.74) is -0.480. The van der Waals surface area contributed by atoms with Gasteiger partial charge in [-0.3, -0.25) is 9.59 Å². The van der Waals surface area contributed by atoms with Gasteiger partial charge in [0.25, 0.3) is 11.8 Å². The van der Waals surface area contributed by atoms with E-state index in [-0.39, 0.29) is 16.3 Å². The first-order valence-corrected chi connectivity index (χ1v) is 10.0. The van der Waals surface area contributed by atoms with Crippen LogP contribution < -0.4 is 10.2 Å². The van der Waals surface area contributed by atoms with Gasteiger partial charge < -0.3 is 5.32 Å². The van der Waals surface area contributed by atoms with Crippen molar-refractivity contribution in [1.82, 2.24) is 0 Å². The molecule has 1 aliphatic heterocycles. The quantitative estimate of drug-likeness (QED) is 0.518. The SMILES string of the molecule is O=C1C(Nc2ccccc2)=C(Sc2ccccc2)C(=O)N1c1cccc(C(F)(F)F)c1. The smallest absolute Gasteiger partial charge is 0.350 e. The summed E-state index contributed by atoms with van der Waals surface area (Å²) in [7, 11) is 0. The summed E-state index contributed by atoms with van der Waals surface area (Å²) in [5.74, 6) is -1.40. The molecule has 0 aliphatic carbocycles. The molecule has 0 saturated heterocycles. The van der Waals surface area contributed by atoms with Gasteiger partial charge in [0.2, 0.25) is 0 Å². The first-order valence-electron chi connectivity index (χ1n) is 9.20. The Balaban J connectivity index is 1.75. The Morgan fingerprint density at radius 3 is 2.06 bits per heavy atom. The minimum Gasteiger partial charge on any atom is -0.350 e. The van der Waals surface area contributed by atoms with Crippen molar-refractivity contribution in [2.24, 2.45) is 0 Å². The first kappa shape index (κ1) is 20.7. The first-order chi connectivity index (χ1) is 14.8. The molecule has 0 atom stereocenters. The number of nitrogens with zero attached hydrogens (tertiary/aromatic N) is 1. The van der Waals surface area contributed by atoms with Crippen LogP contribution in [-0.2, 0) is 15.8 Å². The average molecular weight is 440 g/mol. The third-order valence-corrected chi connectivity index (χ3v) is 5.57. The van der Waals surface area contributed by atoms with E-state index in [4.69, 9.17) is 0 Å². The number of rotatable bonds is 5. The zero-order valence-corrected chi connectivity index (χ0v) is 16.7. The number of carbonyl (C=O) groups is 2. The second kappa shape index (κ2) is 8.31. The fraction of sp³-hybridized carbons (Fsp3) is 0.0435. The molecule has 0 radical (unpaired) electrons. The van der Waals surface area contributed by atoms with E-state index in [2.05, 4.69) is 5.32 Å². The maximum Gasteiger partial charge on any atom is 0.416 e. The lowest BCUT2D eigenvalue weighted by molar-refractivity contribution is -0.137. The highest BCUT2D eigenvalue weighted by Gasteiger charge is 2.41. The van der Waals surface area contributed by atoms with Gasteiger partial charge in [0, 0.05) is 10.6 Å². The molecule has 1 heterocycles. The van der Waals surface area contributed by atoms with E-state index < -0.39 is 23.6 Å². The lowest BCUT2D eigenvalue weighted by atomic mass is 10.2. The molecule has 0 fully saturated rings. The van der Waals surface area contributed by atoms with E-state index in [1.807, 2.05) is 6.07 Å². The Morgan fingerprint density at radius 1 is 0.774 bits per heavy atom. The molecule has 31 heavy (non-hydrogen) atoms. The molecule has 8 heteroatoms. The van der Waals surface area contributed by atoms with Crippen molar-refractivity contribution in [3.8, 4) is 0 Å². The molecule has 0 aromatic heterocycles. The van der Waals surface area contributed by atoms with E-state index in [1.54, 1.807) is 54.6 Å². The number of halogens is 3. The molecule has 3 aromatic rings.